The number of carbonyl (C=O) groups excluding carboxylic acids is 2. The summed E-state index contributed by atoms with van der Waals surface area (Å²) in [7, 11) is 0. The molecule has 9 nitrogen and oxygen atoms in total. The summed E-state index contributed by atoms with van der Waals surface area (Å²) >= 11 is 2.75. The second-order valence-electron chi connectivity index (χ2n) is 12.2. The quantitative estimate of drug-likeness (QED) is 0.0341. The molecule has 7 rings (SSSR count). The third-order valence-corrected chi connectivity index (χ3v) is 10.9. The number of rotatable bonds is 12. The Morgan fingerprint density at radius 3 is 2.68 bits per heavy atom. The van der Waals surface area contributed by atoms with Crippen molar-refractivity contribution < 1.29 is 28.9 Å². The molecule has 256 valence electrons. The summed E-state index contributed by atoms with van der Waals surface area (Å²) in [4.78, 5) is 29.2. The highest BCUT2D eigenvalue weighted by atomic mass is 32.2. The first-order valence-corrected chi connectivity index (χ1v) is 18.6. The van der Waals surface area contributed by atoms with Crippen molar-refractivity contribution in [2.45, 2.75) is 62.3 Å². The molecular formula is C39H37N3O6S2. The number of carbonyl (C=O) groups is 2. The topological polar surface area (TPSA) is 111 Å². The van der Waals surface area contributed by atoms with E-state index in [4.69, 9.17) is 14.2 Å². The molecule has 3 heterocycles. The highest BCUT2D eigenvalue weighted by molar-refractivity contribution is 8.00. The fourth-order valence-corrected chi connectivity index (χ4v) is 8.27. The second-order valence-corrected chi connectivity index (χ2v) is 14.4. The largest absolute Gasteiger partial charge is 0.507 e. The van der Waals surface area contributed by atoms with Crippen LogP contribution in [0.3, 0.4) is 0 Å². The molecule has 0 bridgehead atoms. The van der Waals surface area contributed by atoms with Gasteiger partial charge in [0, 0.05) is 17.7 Å². The average molecular weight is 708 g/mol. The number of hydrogen-bond donors (Lipinski definition) is 1. The van der Waals surface area contributed by atoms with E-state index in [-0.39, 0.29) is 22.6 Å². The van der Waals surface area contributed by atoms with Crippen molar-refractivity contribution in [3.05, 3.63) is 107 Å². The van der Waals surface area contributed by atoms with Gasteiger partial charge >= 0.3 is 5.91 Å². The van der Waals surface area contributed by atoms with E-state index < -0.39 is 17.7 Å². The number of aromatic nitrogens is 2. The fourth-order valence-electron chi connectivity index (χ4n) is 6.39. The smallest absolute Gasteiger partial charge is 0.301 e. The van der Waals surface area contributed by atoms with Crippen LogP contribution in [0.25, 0.3) is 16.5 Å². The molecule has 2 unspecified atom stereocenters. The Morgan fingerprint density at radius 2 is 1.84 bits per heavy atom. The Labute approximate surface area is 298 Å². The average Bonchev–Trinajstić information content (AvgIpc) is 3.82. The third-order valence-electron chi connectivity index (χ3n) is 8.79. The Hall–Kier alpha value is -4.87. The summed E-state index contributed by atoms with van der Waals surface area (Å²) in [6, 6.07) is 24.1. The Morgan fingerprint density at radius 1 is 1.00 bits per heavy atom. The van der Waals surface area contributed by atoms with Gasteiger partial charge in [-0.2, -0.15) is 0 Å². The van der Waals surface area contributed by atoms with Crippen LogP contribution in [0.4, 0.5) is 5.13 Å². The minimum absolute atomic E-state index is 0.00750. The molecule has 2 aliphatic rings. The maximum absolute atomic E-state index is 13.9. The van der Waals surface area contributed by atoms with Crippen molar-refractivity contribution in [2.75, 3.05) is 18.1 Å². The zero-order valence-electron chi connectivity index (χ0n) is 28.0. The maximum atomic E-state index is 13.9. The lowest BCUT2D eigenvalue weighted by Crippen LogP contribution is -2.29. The van der Waals surface area contributed by atoms with Crippen molar-refractivity contribution >= 4 is 56.5 Å². The molecule has 11 heteroatoms. The van der Waals surface area contributed by atoms with Gasteiger partial charge in [0.15, 0.2) is 15.8 Å². The first-order valence-electron chi connectivity index (χ1n) is 16.8. The molecule has 2 atom stereocenters. The van der Waals surface area contributed by atoms with E-state index in [1.165, 1.54) is 28.0 Å². The zero-order chi connectivity index (χ0) is 34.8. The highest BCUT2D eigenvalue weighted by Gasteiger charge is 2.48. The number of anilines is 1. The number of aliphatic hydroxyl groups is 1. The zero-order valence-corrected chi connectivity index (χ0v) is 29.7. The van der Waals surface area contributed by atoms with Crippen LogP contribution in [0.15, 0.2) is 88.8 Å². The van der Waals surface area contributed by atoms with Crippen molar-refractivity contribution in [3.8, 4) is 17.2 Å². The predicted molar refractivity (Wildman–Crippen MR) is 196 cm³/mol. The number of amides is 1. The van der Waals surface area contributed by atoms with Crippen molar-refractivity contribution in [1.29, 1.82) is 0 Å². The molecule has 1 saturated heterocycles. The van der Waals surface area contributed by atoms with Crippen LogP contribution in [0, 0.1) is 0 Å². The second kappa shape index (κ2) is 14.5. The molecule has 0 aliphatic carbocycles. The van der Waals surface area contributed by atoms with E-state index in [2.05, 4.69) is 41.4 Å². The molecule has 0 spiro atoms. The number of nitrogens with zero attached hydrogens (tertiary/aromatic N) is 3. The molecule has 0 saturated carbocycles. The van der Waals surface area contributed by atoms with E-state index >= 15 is 0 Å². The summed E-state index contributed by atoms with van der Waals surface area (Å²) in [6.45, 7) is 6.86. The Kier molecular flexibility index (Phi) is 9.78. The molecule has 0 radical (unpaired) electrons. The van der Waals surface area contributed by atoms with Gasteiger partial charge in [0.2, 0.25) is 5.13 Å². The Balaban J connectivity index is 1.27. The summed E-state index contributed by atoms with van der Waals surface area (Å²) in [5, 5.41) is 23.2. The summed E-state index contributed by atoms with van der Waals surface area (Å²) in [6.07, 6.45) is 2.55. The normalized spacial score (nSPS) is 18.0. The number of fused-ring (bicyclic) bond motifs is 2. The van der Waals surface area contributed by atoms with E-state index in [9.17, 15) is 14.7 Å². The number of ketones is 1. The van der Waals surface area contributed by atoms with E-state index in [1.807, 2.05) is 38.1 Å². The summed E-state index contributed by atoms with van der Waals surface area (Å²) in [5.41, 5.74) is 3.04. The van der Waals surface area contributed by atoms with Gasteiger partial charge < -0.3 is 19.3 Å². The van der Waals surface area contributed by atoms with Crippen LogP contribution < -0.4 is 19.1 Å². The molecule has 1 N–H and O–H groups in total. The Bertz CT molecular complexity index is 2110. The van der Waals surface area contributed by atoms with Crippen LogP contribution >= 0.6 is 23.1 Å². The monoisotopic (exact) mass is 707 g/mol. The van der Waals surface area contributed by atoms with Gasteiger partial charge in [-0.05, 0) is 78.1 Å². The fraction of sp³-hybridized carbons (Fsp3) is 0.282. The standard InChI is InChI=1S/C39H37N3O6S2/c1-4-6-18-47-31-17-14-25(21-32(31)46-5-2)34-33(35(43)26-15-16-30-28(20-26)19-23(3)48-30)36(44)37(45)42(34)38-40-41-39(50-38)49-22-27-12-9-11-24-10-7-8-13-29(24)27/h7-17,20-21,23,34,43H,4-6,18-19,22H2,1-3H3/b35-33-. The number of unbranched alkanes of at least 4 members (excludes halogenated alkanes) is 1. The minimum Gasteiger partial charge on any atom is -0.507 e. The number of ether oxygens (including phenoxy) is 3. The number of aliphatic hydroxyl groups excluding tert-OH is 1. The van der Waals surface area contributed by atoms with Crippen molar-refractivity contribution in [2.24, 2.45) is 0 Å². The molecule has 5 aromatic rings. The lowest BCUT2D eigenvalue weighted by atomic mass is 9.94. The lowest BCUT2D eigenvalue weighted by molar-refractivity contribution is -0.132. The first kappa shape index (κ1) is 33.6. The number of hydrogen-bond acceptors (Lipinski definition) is 10. The molecule has 4 aromatic carbocycles. The van der Waals surface area contributed by atoms with Crippen LogP contribution in [0.5, 0.6) is 17.2 Å². The van der Waals surface area contributed by atoms with Gasteiger partial charge in [-0.15, -0.1) is 10.2 Å². The first-order chi connectivity index (χ1) is 24.4. The summed E-state index contributed by atoms with van der Waals surface area (Å²) in [5.74, 6) is 0.575. The SMILES string of the molecule is CCCCOc1ccc(C2/C(=C(/O)c3ccc4c(c3)CC(C)O4)C(=O)C(=O)N2c2nnc(SCc3cccc4ccccc34)s2)cc1OCC. The van der Waals surface area contributed by atoms with E-state index in [0.29, 0.717) is 52.4 Å². The van der Waals surface area contributed by atoms with Gasteiger partial charge in [0.05, 0.1) is 24.8 Å². The molecule has 1 fully saturated rings. The number of Topliss-reactive ketones (excluding diaryl/α,β-unsaturated/α-hetero) is 1. The van der Waals surface area contributed by atoms with Gasteiger partial charge in [0.25, 0.3) is 5.78 Å². The minimum atomic E-state index is -0.994. The van der Waals surface area contributed by atoms with Crippen LogP contribution in [0.2, 0.25) is 0 Å². The number of thioether (sulfide) groups is 1. The molecule has 2 aliphatic heterocycles. The van der Waals surface area contributed by atoms with Crippen molar-refractivity contribution in [1.82, 2.24) is 10.2 Å². The maximum Gasteiger partial charge on any atom is 0.301 e. The van der Waals surface area contributed by atoms with E-state index in [1.54, 1.807) is 30.3 Å². The number of benzene rings is 4. The van der Waals surface area contributed by atoms with Gasteiger partial charge in [-0.3, -0.25) is 14.5 Å². The van der Waals surface area contributed by atoms with Gasteiger partial charge in [0.1, 0.15) is 17.6 Å². The van der Waals surface area contributed by atoms with Crippen LogP contribution in [0.1, 0.15) is 61.9 Å². The van der Waals surface area contributed by atoms with Crippen LogP contribution in [-0.2, 0) is 21.8 Å². The molecular weight excluding hydrogens is 671 g/mol. The third kappa shape index (κ3) is 6.55. The molecule has 1 amide bonds. The predicted octanol–water partition coefficient (Wildman–Crippen LogP) is 8.51. The summed E-state index contributed by atoms with van der Waals surface area (Å²) < 4.78 is 18.5. The van der Waals surface area contributed by atoms with Gasteiger partial charge in [-0.1, -0.05) is 85.0 Å². The molecule has 50 heavy (non-hydrogen) atoms. The van der Waals surface area contributed by atoms with Gasteiger partial charge in [-0.25, -0.2) is 0 Å². The van der Waals surface area contributed by atoms with E-state index in [0.717, 1.165) is 40.5 Å². The van der Waals surface area contributed by atoms with Crippen LogP contribution in [-0.4, -0.2) is 46.3 Å². The lowest BCUT2D eigenvalue weighted by Gasteiger charge is -2.23. The molecule has 1 aromatic heterocycles. The van der Waals surface area contributed by atoms with Crippen molar-refractivity contribution in [3.63, 3.8) is 0 Å². The highest BCUT2D eigenvalue weighted by Crippen LogP contribution is 2.46.